The van der Waals surface area contributed by atoms with Crippen molar-refractivity contribution in [1.82, 2.24) is 10.2 Å². The van der Waals surface area contributed by atoms with Gasteiger partial charge in [-0.15, -0.1) is 0 Å². The maximum atomic E-state index is 5.73. The molecule has 27 heavy (non-hydrogen) atoms. The fraction of sp³-hybridized carbons (Fsp3) is 0.682. The first-order chi connectivity index (χ1) is 13.1. The number of benzene rings is 1. The largest absolute Gasteiger partial charge is 0.496 e. The first-order valence-electron chi connectivity index (χ1n) is 10.3. The molecule has 2 saturated heterocycles. The summed E-state index contributed by atoms with van der Waals surface area (Å²) in [5.41, 5.74) is 2.57. The zero-order valence-electron chi connectivity index (χ0n) is 17.4. The molecule has 5 heteroatoms. The second-order valence-electron chi connectivity index (χ2n) is 8.19. The van der Waals surface area contributed by atoms with E-state index in [1.54, 1.807) is 7.11 Å². The number of nitrogens with one attached hydrogen (secondary N) is 1. The molecule has 2 aliphatic rings. The van der Waals surface area contributed by atoms with E-state index in [4.69, 9.17) is 9.47 Å². The van der Waals surface area contributed by atoms with Crippen LogP contribution in [0.4, 0.5) is 0 Å². The third kappa shape index (κ3) is 4.57. The fourth-order valence-electron chi connectivity index (χ4n) is 4.50. The van der Waals surface area contributed by atoms with Crippen LogP contribution >= 0.6 is 0 Å². The third-order valence-electron chi connectivity index (χ3n) is 6.13. The van der Waals surface area contributed by atoms with Gasteiger partial charge >= 0.3 is 0 Å². The molecule has 2 aliphatic heterocycles. The second-order valence-corrected chi connectivity index (χ2v) is 8.19. The molecule has 1 unspecified atom stereocenters. The van der Waals surface area contributed by atoms with Gasteiger partial charge < -0.3 is 19.7 Å². The van der Waals surface area contributed by atoms with Crippen LogP contribution in [0.25, 0.3) is 0 Å². The molecular weight excluding hydrogens is 338 g/mol. The number of aliphatic imine (C=N–C) groups is 1. The molecule has 0 aromatic heterocycles. The van der Waals surface area contributed by atoms with E-state index in [9.17, 15) is 0 Å². The highest BCUT2D eigenvalue weighted by Gasteiger charge is 2.37. The van der Waals surface area contributed by atoms with Crippen molar-refractivity contribution in [2.45, 2.75) is 44.9 Å². The Hall–Kier alpha value is -1.75. The topological polar surface area (TPSA) is 46.1 Å². The Morgan fingerprint density at radius 2 is 2.15 bits per heavy atom. The highest BCUT2D eigenvalue weighted by atomic mass is 16.5. The van der Waals surface area contributed by atoms with Gasteiger partial charge in [-0.05, 0) is 44.6 Å². The number of aryl methyl sites for hydroxylation is 1. The third-order valence-corrected chi connectivity index (χ3v) is 6.13. The zero-order chi connectivity index (χ0) is 19.3. The molecule has 0 aliphatic carbocycles. The van der Waals surface area contributed by atoms with E-state index in [-0.39, 0.29) is 5.41 Å². The van der Waals surface area contributed by atoms with Crippen LogP contribution in [0.2, 0.25) is 0 Å². The van der Waals surface area contributed by atoms with Gasteiger partial charge in [0.2, 0.25) is 0 Å². The summed E-state index contributed by atoms with van der Waals surface area (Å²) < 4.78 is 11.4. The minimum atomic E-state index is 0.00690. The summed E-state index contributed by atoms with van der Waals surface area (Å²) >= 11 is 0. The monoisotopic (exact) mass is 373 g/mol. The van der Waals surface area contributed by atoms with Crippen molar-refractivity contribution in [3.05, 3.63) is 29.3 Å². The van der Waals surface area contributed by atoms with Gasteiger partial charge in [0, 0.05) is 50.9 Å². The van der Waals surface area contributed by atoms with Gasteiger partial charge in [0.1, 0.15) is 5.75 Å². The summed E-state index contributed by atoms with van der Waals surface area (Å²) in [7, 11) is 3.66. The molecule has 1 aromatic carbocycles. The van der Waals surface area contributed by atoms with Crippen molar-refractivity contribution in [3.8, 4) is 5.75 Å². The molecule has 2 heterocycles. The maximum Gasteiger partial charge on any atom is 0.193 e. The highest BCUT2D eigenvalue weighted by molar-refractivity contribution is 5.80. The van der Waals surface area contributed by atoms with Crippen molar-refractivity contribution in [2.75, 3.05) is 47.0 Å². The molecule has 1 N–H and O–H groups in total. The molecule has 5 nitrogen and oxygen atoms in total. The van der Waals surface area contributed by atoms with Gasteiger partial charge in [-0.3, -0.25) is 4.99 Å². The average Bonchev–Trinajstić information content (AvgIpc) is 2.69. The molecule has 0 spiro atoms. The van der Waals surface area contributed by atoms with Crippen LogP contribution in [0.5, 0.6) is 5.75 Å². The summed E-state index contributed by atoms with van der Waals surface area (Å²) in [6.45, 7) is 9.09. The van der Waals surface area contributed by atoms with Crippen molar-refractivity contribution >= 4 is 5.96 Å². The molecule has 1 aromatic rings. The summed E-state index contributed by atoms with van der Waals surface area (Å²) in [6, 6.07) is 6.51. The molecule has 0 bridgehead atoms. The van der Waals surface area contributed by atoms with Gasteiger partial charge in [0.25, 0.3) is 0 Å². The van der Waals surface area contributed by atoms with Crippen LogP contribution in [-0.4, -0.2) is 57.9 Å². The molecule has 3 rings (SSSR count). The smallest absolute Gasteiger partial charge is 0.193 e. The van der Waals surface area contributed by atoms with E-state index in [0.29, 0.717) is 0 Å². The van der Waals surface area contributed by atoms with Gasteiger partial charge in [-0.1, -0.05) is 24.6 Å². The van der Waals surface area contributed by atoms with Crippen molar-refractivity contribution in [3.63, 3.8) is 0 Å². The molecule has 150 valence electrons. The average molecular weight is 374 g/mol. The van der Waals surface area contributed by atoms with Gasteiger partial charge in [-0.25, -0.2) is 0 Å². The lowest BCUT2D eigenvalue weighted by molar-refractivity contribution is 0.0502. The minimum Gasteiger partial charge on any atom is -0.496 e. The van der Waals surface area contributed by atoms with E-state index in [2.05, 4.69) is 47.3 Å². The number of likely N-dealkylation sites (tertiary alicyclic amines) is 1. The first kappa shape index (κ1) is 20.0. The lowest BCUT2D eigenvalue weighted by Crippen LogP contribution is -2.51. The fourth-order valence-corrected chi connectivity index (χ4v) is 4.50. The minimum absolute atomic E-state index is 0.00690. The highest BCUT2D eigenvalue weighted by Crippen LogP contribution is 2.40. The first-order valence-corrected chi connectivity index (χ1v) is 10.3. The quantitative estimate of drug-likeness (QED) is 0.649. The molecule has 0 amide bonds. The number of rotatable bonds is 4. The molecular formula is C22H35N3O2. The molecule has 0 radical (unpaired) electrons. The zero-order valence-corrected chi connectivity index (χ0v) is 17.4. The van der Waals surface area contributed by atoms with E-state index in [1.165, 1.54) is 24.0 Å². The number of methoxy groups -OCH3 is 1. The van der Waals surface area contributed by atoms with E-state index in [1.807, 2.05) is 7.05 Å². The SMILES string of the molecule is CN=C(NCC1(c2cc(C)ccc2OC)CCOCC1)N1CCCC(C)C1. The lowest BCUT2D eigenvalue weighted by Gasteiger charge is -2.40. The van der Waals surface area contributed by atoms with Crippen LogP contribution in [0.1, 0.15) is 43.7 Å². The number of nitrogens with zero attached hydrogens (tertiary/aromatic N) is 2. The Bertz CT molecular complexity index is 653. The number of ether oxygens (including phenoxy) is 2. The van der Waals surface area contributed by atoms with Crippen LogP contribution < -0.4 is 10.1 Å². The lowest BCUT2D eigenvalue weighted by atomic mass is 9.73. The Labute approximate surface area is 164 Å². The van der Waals surface area contributed by atoms with Gasteiger partial charge in [0.05, 0.1) is 7.11 Å². The van der Waals surface area contributed by atoms with Crippen LogP contribution in [-0.2, 0) is 10.2 Å². The summed E-state index contributed by atoms with van der Waals surface area (Å²) in [5.74, 6) is 2.73. The van der Waals surface area contributed by atoms with Crippen molar-refractivity contribution in [2.24, 2.45) is 10.9 Å². The van der Waals surface area contributed by atoms with Crippen molar-refractivity contribution in [1.29, 1.82) is 0 Å². The Morgan fingerprint density at radius 3 is 2.81 bits per heavy atom. The number of guanidine groups is 1. The summed E-state index contributed by atoms with van der Waals surface area (Å²) in [6.07, 6.45) is 4.54. The van der Waals surface area contributed by atoms with Crippen LogP contribution in [0.3, 0.4) is 0 Å². The predicted octanol–water partition coefficient (Wildman–Crippen LogP) is 3.36. The van der Waals surface area contributed by atoms with E-state index in [0.717, 1.165) is 63.3 Å². The maximum absolute atomic E-state index is 5.73. The van der Waals surface area contributed by atoms with Crippen LogP contribution in [0, 0.1) is 12.8 Å². The number of hydrogen-bond acceptors (Lipinski definition) is 3. The summed E-state index contributed by atoms with van der Waals surface area (Å²) in [4.78, 5) is 7.00. The van der Waals surface area contributed by atoms with E-state index < -0.39 is 0 Å². The second kappa shape index (κ2) is 8.96. The summed E-state index contributed by atoms with van der Waals surface area (Å²) in [5, 5.41) is 3.70. The van der Waals surface area contributed by atoms with Crippen molar-refractivity contribution < 1.29 is 9.47 Å². The van der Waals surface area contributed by atoms with E-state index >= 15 is 0 Å². The molecule has 1 atom stereocenters. The Kier molecular flexibility index (Phi) is 6.64. The Balaban J connectivity index is 1.82. The van der Waals surface area contributed by atoms with Gasteiger partial charge in [-0.2, -0.15) is 0 Å². The standard InChI is InChI=1S/C22H35N3O2/c1-17-7-8-20(26-4)19(14-17)22(9-12-27-13-10-22)16-24-21(23-3)25-11-5-6-18(2)15-25/h7-8,14,18H,5-6,9-13,15-16H2,1-4H3,(H,23,24). The van der Waals surface area contributed by atoms with Gasteiger partial charge in [0.15, 0.2) is 5.96 Å². The number of piperidine rings is 1. The molecule has 2 fully saturated rings. The van der Waals surface area contributed by atoms with Crippen LogP contribution in [0.15, 0.2) is 23.2 Å². The normalized spacial score (nSPS) is 23.2. The Morgan fingerprint density at radius 1 is 1.37 bits per heavy atom. The number of hydrogen-bond donors (Lipinski definition) is 1. The predicted molar refractivity (Wildman–Crippen MR) is 111 cm³/mol. The molecule has 0 saturated carbocycles.